The monoisotopic (exact) mass is 349 g/mol. The Bertz CT molecular complexity index is 873. The molecule has 1 amide bonds. The third-order valence-corrected chi connectivity index (χ3v) is 3.81. The van der Waals surface area contributed by atoms with Gasteiger partial charge in [-0.1, -0.05) is 30.3 Å². The molecule has 130 valence electrons. The van der Waals surface area contributed by atoms with E-state index in [2.05, 4.69) is 5.10 Å². The summed E-state index contributed by atoms with van der Waals surface area (Å²) in [5.41, 5.74) is -0.0398. The highest BCUT2D eigenvalue weighted by Crippen LogP contribution is 2.28. The third-order valence-electron chi connectivity index (χ3n) is 3.81. The number of hydrogen-bond donors (Lipinski definition) is 0. The molecule has 0 atom stereocenters. The van der Waals surface area contributed by atoms with E-state index in [-0.39, 0.29) is 0 Å². The number of amides is 1. The van der Waals surface area contributed by atoms with Crippen molar-refractivity contribution in [3.8, 4) is 0 Å². The molecule has 8 heteroatoms. The molecule has 0 saturated heterocycles. The predicted molar refractivity (Wildman–Crippen MR) is 85.0 cm³/mol. The summed E-state index contributed by atoms with van der Waals surface area (Å²) in [4.78, 5) is 24.0. The number of hydrogen-bond acceptors (Lipinski definition) is 3. The molecular formula is C17H14F3N3O2. The zero-order chi connectivity index (χ0) is 18.0. The first kappa shape index (κ1) is 16.9. The molecule has 0 fully saturated rings. The van der Waals surface area contributed by atoms with Crippen molar-refractivity contribution in [3.05, 3.63) is 70.1 Å². The van der Waals surface area contributed by atoms with Gasteiger partial charge >= 0.3 is 6.18 Å². The lowest BCUT2D eigenvalue weighted by Crippen LogP contribution is -2.32. The smallest absolute Gasteiger partial charge is 0.305 e. The van der Waals surface area contributed by atoms with Crippen LogP contribution in [0.5, 0.6) is 0 Å². The van der Waals surface area contributed by atoms with Crippen molar-refractivity contribution in [2.24, 2.45) is 5.10 Å². The Kier molecular flexibility index (Phi) is 4.43. The van der Waals surface area contributed by atoms with Gasteiger partial charge in [-0.3, -0.25) is 9.59 Å². The number of rotatable bonds is 3. The van der Waals surface area contributed by atoms with Crippen LogP contribution in [0, 0.1) is 0 Å². The van der Waals surface area contributed by atoms with E-state index in [0.717, 1.165) is 21.9 Å². The van der Waals surface area contributed by atoms with E-state index < -0.39 is 29.8 Å². The van der Waals surface area contributed by atoms with Gasteiger partial charge in [0.15, 0.2) is 0 Å². The highest BCUT2D eigenvalue weighted by Gasteiger charge is 2.31. The lowest BCUT2D eigenvalue weighted by atomic mass is 10.1. The van der Waals surface area contributed by atoms with Crippen molar-refractivity contribution in [2.45, 2.75) is 19.1 Å². The van der Waals surface area contributed by atoms with Crippen LogP contribution in [0.1, 0.15) is 17.5 Å². The number of pyridine rings is 1. The molecule has 0 spiro atoms. The van der Waals surface area contributed by atoms with Gasteiger partial charge in [-0.25, -0.2) is 5.01 Å². The highest BCUT2D eigenvalue weighted by atomic mass is 19.4. The minimum absolute atomic E-state index is 0.330. The van der Waals surface area contributed by atoms with Crippen LogP contribution in [0.3, 0.4) is 0 Å². The Labute approximate surface area is 141 Å². The molecule has 0 N–H and O–H groups in total. The molecule has 5 nitrogen and oxygen atoms in total. The van der Waals surface area contributed by atoms with Gasteiger partial charge in [0.05, 0.1) is 17.8 Å². The number of alkyl halides is 3. The molecule has 1 aromatic heterocycles. The van der Waals surface area contributed by atoms with Crippen LogP contribution in [-0.2, 0) is 17.5 Å². The first-order chi connectivity index (χ1) is 11.8. The second-order valence-corrected chi connectivity index (χ2v) is 5.56. The number of aromatic nitrogens is 1. The Balaban J connectivity index is 1.77. The highest BCUT2D eigenvalue weighted by molar-refractivity contribution is 6.02. The molecule has 2 aromatic rings. The van der Waals surface area contributed by atoms with Crippen molar-refractivity contribution < 1.29 is 18.0 Å². The van der Waals surface area contributed by atoms with Crippen molar-refractivity contribution in [1.82, 2.24) is 9.58 Å². The fourth-order valence-electron chi connectivity index (χ4n) is 2.52. The topological polar surface area (TPSA) is 54.7 Å². The molecular weight excluding hydrogens is 335 g/mol. The van der Waals surface area contributed by atoms with Crippen molar-refractivity contribution in [1.29, 1.82) is 0 Å². The summed E-state index contributed by atoms with van der Waals surface area (Å²) in [6.45, 7) is -0.162. The summed E-state index contributed by atoms with van der Waals surface area (Å²) in [7, 11) is 0. The van der Waals surface area contributed by atoms with Gasteiger partial charge < -0.3 is 4.57 Å². The summed E-state index contributed by atoms with van der Waals surface area (Å²) in [6, 6.07) is 10.8. The standard InChI is InChI=1S/C17H14F3N3O2/c18-17(19,20)13-6-7-15(24)22(10-13)11-16(25)23-9-8-14(21-23)12-4-2-1-3-5-12/h1-7,10H,8-9,11H2. The zero-order valence-electron chi connectivity index (χ0n) is 13.0. The summed E-state index contributed by atoms with van der Waals surface area (Å²) in [5, 5.41) is 5.41. The third kappa shape index (κ3) is 3.78. The molecule has 0 aliphatic carbocycles. The Morgan fingerprint density at radius 3 is 2.52 bits per heavy atom. The lowest BCUT2D eigenvalue weighted by molar-refractivity contribution is -0.138. The summed E-state index contributed by atoms with van der Waals surface area (Å²) >= 11 is 0. The largest absolute Gasteiger partial charge is 0.417 e. The van der Waals surface area contributed by atoms with E-state index in [1.807, 2.05) is 30.3 Å². The summed E-state index contributed by atoms with van der Waals surface area (Å²) in [6.07, 6.45) is -3.38. The fraction of sp³-hybridized carbons (Fsp3) is 0.235. The predicted octanol–water partition coefficient (Wildman–Crippen LogP) is 2.50. The number of carbonyl (C=O) groups is 1. The molecule has 0 radical (unpaired) electrons. The van der Waals surface area contributed by atoms with E-state index in [9.17, 15) is 22.8 Å². The quantitative estimate of drug-likeness (QED) is 0.855. The fourth-order valence-corrected chi connectivity index (χ4v) is 2.52. The maximum Gasteiger partial charge on any atom is 0.417 e. The van der Waals surface area contributed by atoms with Gasteiger partial charge in [0.25, 0.3) is 11.5 Å². The molecule has 1 aliphatic rings. The molecule has 3 rings (SSSR count). The van der Waals surface area contributed by atoms with Crippen LogP contribution in [-0.4, -0.2) is 27.7 Å². The average Bonchev–Trinajstić information content (AvgIpc) is 3.07. The number of benzene rings is 1. The van der Waals surface area contributed by atoms with Gasteiger partial charge in [0, 0.05) is 18.7 Å². The summed E-state index contributed by atoms with van der Waals surface area (Å²) < 4.78 is 39.0. The van der Waals surface area contributed by atoms with E-state index in [1.54, 1.807) is 0 Å². The van der Waals surface area contributed by atoms with Gasteiger partial charge in [-0.2, -0.15) is 18.3 Å². The van der Waals surface area contributed by atoms with Crippen LogP contribution in [0.4, 0.5) is 13.2 Å². The van der Waals surface area contributed by atoms with E-state index in [4.69, 9.17) is 0 Å². The SMILES string of the molecule is O=C(Cn1cc(C(F)(F)F)ccc1=O)N1CCC(c2ccccc2)=N1. The van der Waals surface area contributed by atoms with Crippen molar-refractivity contribution in [2.75, 3.05) is 6.54 Å². The minimum Gasteiger partial charge on any atom is -0.305 e. The molecule has 25 heavy (non-hydrogen) atoms. The normalized spacial score (nSPS) is 14.5. The van der Waals surface area contributed by atoms with Crippen LogP contribution in [0.25, 0.3) is 0 Å². The maximum atomic E-state index is 12.7. The maximum absolute atomic E-state index is 12.7. The molecule has 1 aromatic carbocycles. The van der Waals surface area contributed by atoms with E-state index >= 15 is 0 Å². The van der Waals surface area contributed by atoms with E-state index in [0.29, 0.717) is 25.2 Å². The Morgan fingerprint density at radius 2 is 1.84 bits per heavy atom. The van der Waals surface area contributed by atoms with Crippen LogP contribution in [0.2, 0.25) is 0 Å². The first-order valence-corrected chi connectivity index (χ1v) is 7.55. The van der Waals surface area contributed by atoms with Crippen molar-refractivity contribution in [3.63, 3.8) is 0 Å². The first-order valence-electron chi connectivity index (χ1n) is 7.55. The Morgan fingerprint density at radius 1 is 1.12 bits per heavy atom. The van der Waals surface area contributed by atoms with Gasteiger partial charge in [0.1, 0.15) is 6.54 Å². The number of halogens is 3. The number of carbonyl (C=O) groups excluding carboxylic acids is 1. The van der Waals surface area contributed by atoms with Gasteiger partial charge in [-0.15, -0.1) is 0 Å². The lowest BCUT2D eigenvalue weighted by Gasteiger charge is -2.14. The summed E-state index contributed by atoms with van der Waals surface area (Å²) in [5.74, 6) is -0.535. The minimum atomic E-state index is -4.58. The van der Waals surface area contributed by atoms with Crippen LogP contribution in [0.15, 0.2) is 58.6 Å². The van der Waals surface area contributed by atoms with Gasteiger partial charge in [-0.05, 0) is 11.6 Å². The Hall–Kier alpha value is -2.90. The van der Waals surface area contributed by atoms with E-state index in [1.165, 1.54) is 5.01 Å². The second-order valence-electron chi connectivity index (χ2n) is 5.56. The molecule has 0 saturated carbocycles. The van der Waals surface area contributed by atoms with Crippen LogP contribution >= 0.6 is 0 Å². The molecule has 2 heterocycles. The van der Waals surface area contributed by atoms with Crippen LogP contribution < -0.4 is 5.56 Å². The zero-order valence-corrected chi connectivity index (χ0v) is 13.0. The number of nitrogens with zero attached hydrogens (tertiary/aromatic N) is 3. The second kappa shape index (κ2) is 6.54. The molecule has 0 bridgehead atoms. The van der Waals surface area contributed by atoms with Gasteiger partial charge in [0.2, 0.25) is 0 Å². The molecule has 1 aliphatic heterocycles. The molecule has 0 unspecified atom stereocenters. The van der Waals surface area contributed by atoms with Crippen molar-refractivity contribution >= 4 is 11.6 Å². The number of hydrazone groups is 1. The average molecular weight is 349 g/mol.